The molecule has 25 heavy (non-hydrogen) atoms. The third-order valence-corrected chi connectivity index (χ3v) is 4.58. The highest BCUT2D eigenvalue weighted by atomic mass is 19.4. The van der Waals surface area contributed by atoms with Crippen LogP contribution in [0.1, 0.15) is 31.0 Å². The van der Waals surface area contributed by atoms with Gasteiger partial charge in [0.1, 0.15) is 18.4 Å². The summed E-state index contributed by atoms with van der Waals surface area (Å²) in [6.07, 6.45) is 0.839. The minimum absolute atomic E-state index is 0.00168. The van der Waals surface area contributed by atoms with E-state index in [1.54, 1.807) is 17.3 Å². The van der Waals surface area contributed by atoms with Gasteiger partial charge in [0.05, 0.1) is 0 Å². The fraction of sp³-hybridized carbons (Fsp3) is 0.667. The molecular formula is C15H20F3N5O2. The van der Waals surface area contributed by atoms with Crippen molar-refractivity contribution in [3.8, 4) is 0 Å². The van der Waals surface area contributed by atoms with E-state index in [9.17, 15) is 22.8 Å². The Labute approximate surface area is 142 Å². The second kappa shape index (κ2) is 6.93. The molecule has 3 heterocycles. The summed E-state index contributed by atoms with van der Waals surface area (Å²) in [4.78, 5) is 34.0. The Morgan fingerprint density at radius 1 is 1.36 bits per heavy atom. The number of aromatic nitrogens is 2. The zero-order valence-electron chi connectivity index (χ0n) is 13.6. The SMILES string of the molecule is O=C(NC1CCN(CC(F)(F)F)C1=O)N1CCCC(c2ncc[nH]2)C1. The molecule has 10 heteroatoms. The van der Waals surface area contributed by atoms with Crippen molar-refractivity contribution in [3.05, 3.63) is 18.2 Å². The molecule has 0 saturated carbocycles. The number of aromatic amines is 1. The van der Waals surface area contributed by atoms with E-state index in [1.165, 1.54) is 0 Å². The molecule has 0 bridgehead atoms. The third kappa shape index (κ3) is 4.23. The van der Waals surface area contributed by atoms with Crippen molar-refractivity contribution >= 4 is 11.9 Å². The van der Waals surface area contributed by atoms with Crippen LogP contribution in [0.5, 0.6) is 0 Å². The van der Waals surface area contributed by atoms with E-state index in [4.69, 9.17) is 0 Å². The standard InChI is InChI=1S/C15H20F3N5O2/c16-15(17,18)9-23-7-3-11(13(23)24)21-14(25)22-6-1-2-10(8-22)12-19-4-5-20-12/h4-5,10-11H,1-3,6-9H2,(H,19,20)(H,21,25). The molecule has 2 unspecified atom stereocenters. The predicted molar refractivity (Wildman–Crippen MR) is 81.7 cm³/mol. The Morgan fingerprint density at radius 3 is 2.84 bits per heavy atom. The van der Waals surface area contributed by atoms with Crippen LogP contribution in [0.4, 0.5) is 18.0 Å². The van der Waals surface area contributed by atoms with Crippen molar-refractivity contribution in [1.29, 1.82) is 0 Å². The van der Waals surface area contributed by atoms with Gasteiger partial charge in [-0.1, -0.05) is 0 Å². The van der Waals surface area contributed by atoms with Gasteiger partial charge < -0.3 is 20.1 Å². The molecule has 2 aliphatic heterocycles. The minimum Gasteiger partial charge on any atom is -0.348 e. The van der Waals surface area contributed by atoms with Crippen molar-refractivity contribution < 1.29 is 22.8 Å². The Hall–Kier alpha value is -2.26. The normalized spacial score (nSPS) is 24.7. The van der Waals surface area contributed by atoms with Crippen molar-refractivity contribution in [2.24, 2.45) is 0 Å². The number of piperidine rings is 1. The number of nitrogens with zero attached hydrogens (tertiary/aromatic N) is 3. The van der Waals surface area contributed by atoms with E-state index in [-0.39, 0.29) is 18.9 Å². The van der Waals surface area contributed by atoms with E-state index < -0.39 is 30.7 Å². The Bertz CT molecular complexity index is 619. The highest BCUT2D eigenvalue weighted by Gasteiger charge is 2.40. The number of amides is 3. The van der Waals surface area contributed by atoms with E-state index in [2.05, 4.69) is 15.3 Å². The van der Waals surface area contributed by atoms with Crippen LogP contribution in [0.2, 0.25) is 0 Å². The first-order valence-electron chi connectivity index (χ1n) is 8.24. The molecule has 3 amide bonds. The summed E-state index contributed by atoms with van der Waals surface area (Å²) < 4.78 is 37.3. The molecule has 1 aromatic heterocycles. The quantitative estimate of drug-likeness (QED) is 0.857. The van der Waals surface area contributed by atoms with Crippen LogP contribution in [0, 0.1) is 0 Å². The summed E-state index contributed by atoms with van der Waals surface area (Å²) in [5, 5.41) is 2.58. The van der Waals surface area contributed by atoms with Gasteiger partial charge in [0.15, 0.2) is 0 Å². The van der Waals surface area contributed by atoms with Crippen molar-refractivity contribution in [3.63, 3.8) is 0 Å². The molecule has 2 N–H and O–H groups in total. The molecule has 0 spiro atoms. The number of halogens is 3. The number of likely N-dealkylation sites (tertiary alicyclic amines) is 2. The fourth-order valence-electron chi connectivity index (χ4n) is 3.37. The van der Waals surface area contributed by atoms with Crippen LogP contribution in [-0.4, -0.2) is 70.1 Å². The number of nitrogens with one attached hydrogen (secondary N) is 2. The fourth-order valence-corrected chi connectivity index (χ4v) is 3.37. The maximum absolute atomic E-state index is 12.4. The average Bonchev–Trinajstić information content (AvgIpc) is 3.19. The molecule has 2 aliphatic rings. The molecule has 7 nitrogen and oxygen atoms in total. The highest BCUT2D eigenvalue weighted by molar-refractivity contribution is 5.88. The minimum atomic E-state index is -4.43. The summed E-state index contributed by atoms with van der Waals surface area (Å²) in [6, 6.07) is -1.30. The predicted octanol–water partition coefficient (Wildman–Crippen LogP) is 1.46. The number of carbonyl (C=O) groups is 2. The van der Waals surface area contributed by atoms with Crippen LogP contribution < -0.4 is 5.32 Å². The number of urea groups is 1. The molecule has 2 saturated heterocycles. The Balaban J connectivity index is 1.54. The van der Waals surface area contributed by atoms with Gasteiger partial charge in [-0.05, 0) is 19.3 Å². The smallest absolute Gasteiger partial charge is 0.348 e. The lowest BCUT2D eigenvalue weighted by Gasteiger charge is -2.32. The number of H-pyrrole nitrogens is 1. The molecule has 0 aromatic carbocycles. The van der Waals surface area contributed by atoms with Crippen LogP contribution in [-0.2, 0) is 4.79 Å². The first-order valence-corrected chi connectivity index (χ1v) is 8.24. The highest BCUT2D eigenvalue weighted by Crippen LogP contribution is 2.25. The van der Waals surface area contributed by atoms with Crippen molar-refractivity contribution in [1.82, 2.24) is 25.1 Å². The van der Waals surface area contributed by atoms with Gasteiger partial charge in [0, 0.05) is 37.9 Å². The van der Waals surface area contributed by atoms with E-state index >= 15 is 0 Å². The van der Waals surface area contributed by atoms with Crippen molar-refractivity contribution in [2.75, 3.05) is 26.2 Å². The first-order chi connectivity index (χ1) is 11.8. The second-order valence-corrected chi connectivity index (χ2v) is 6.43. The summed E-state index contributed by atoms with van der Waals surface area (Å²) in [5.74, 6) is 0.228. The van der Waals surface area contributed by atoms with Crippen LogP contribution >= 0.6 is 0 Å². The van der Waals surface area contributed by atoms with Gasteiger partial charge in [-0.2, -0.15) is 13.2 Å². The molecule has 3 rings (SSSR count). The number of alkyl halides is 3. The largest absolute Gasteiger partial charge is 0.406 e. The lowest BCUT2D eigenvalue weighted by Crippen LogP contribution is -2.51. The molecular weight excluding hydrogens is 339 g/mol. The monoisotopic (exact) mass is 359 g/mol. The molecule has 2 atom stereocenters. The molecule has 1 aromatic rings. The van der Waals surface area contributed by atoms with Crippen LogP contribution in [0.3, 0.4) is 0 Å². The number of carbonyl (C=O) groups excluding carboxylic acids is 2. The van der Waals surface area contributed by atoms with E-state index in [0.29, 0.717) is 13.1 Å². The lowest BCUT2D eigenvalue weighted by atomic mass is 9.97. The number of hydrogen-bond donors (Lipinski definition) is 2. The van der Waals surface area contributed by atoms with Gasteiger partial charge in [0.2, 0.25) is 5.91 Å². The first kappa shape index (κ1) is 17.6. The van der Waals surface area contributed by atoms with Gasteiger partial charge >= 0.3 is 12.2 Å². The van der Waals surface area contributed by atoms with E-state index in [0.717, 1.165) is 23.6 Å². The van der Waals surface area contributed by atoms with Gasteiger partial charge in [-0.25, -0.2) is 9.78 Å². The van der Waals surface area contributed by atoms with Gasteiger partial charge in [-0.15, -0.1) is 0 Å². The summed E-state index contributed by atoms with van der Waals surface area (Å²) in [5.41, 5.74) is 0. The molecule has 0 aliphatic carbocycles. The molecule has 2 fully saturated rings. The zero-order chi connectivity index (χ0) is 18.0. The Morgan fingerprint density at radius 2 is 2.16 bits per heavy atom. The summed E-state index contributed by atoms with van der Waals surface area (Å²) in [7, 11) is 0. The third-order valence-electron chi connectivity index (χ3n) is 4.58. The lowest BCUT2D eigenvalue weighted by molar-refractivity contribution is -0.157. The second-order valence-electron chi connectivity index (χ2n) is 6.43. The molecule has 138 valence electrons. The number of imidazole rings is 1. The zero-order valence-corrected chi connectivity index (χ0v) is 13.6. The van der Waals surface area contributed by atoms with Crippen LogP contribution in [0.25, 0.3) is 0 Å². The maximum atomic E-state index is 12.4. The topological polar surface area (TPSA) is 81.3 Å². The molecule has 0 radical (unpaired) electrons. The summed E-state index contributed by atoms with van der Waals surface area (Å²) in [6.45, 7) is -0.260. The number of rotatable bonds is 3. The Kier molecular flexibility index (Phi) is 4.87. The maximum Gasteiger partial charge on any atom is 0.406 e. The summed E-state index contributed by atoms with van der Waals surface area (Å²) >= 11 is 0. The van der Waals surface area contributed by atoms with Crippen molar-refractivity contribution in [2.45, 2.75) is 37.4 Å². The van der Waals surface area contributed by atoms with E-state index in [1.807, 2.05) is 0 Å². The van der Waals surface area contributed by atoms with Gasteiger partial charge in [0.25, 0.3) is 0 Å². The van der Waals surface area contributed by atoms with Gasteiger partial charge in [-0.3, -0.25) is 4.79 Å². The average molecular weight is 359 g/mol. The van der Waals surface area contributed by atoms with Crippen LogP contribution in [0.15, 0.2) is 12.4 Å². The number of hydrogen-bond acceptors (Lipinski definition) is 3.